The van der Waals surface area contributed by atoms with E-state index in [1.807, 2.05) is 12.3 Å². The third-order valence-electron chi connectivity index (χ3n) is 4.63. The van der Waals surface area contributed by atoms with Crippen molar-refractivity contribution in [1.29, 1.82) is 0 Å². The van der Waals surface area contributed by atoms with Crippen molar-refractivity contribution in [2.45, 2.75) is 38.3 Å². The van der Waals surface area contributed by atoms with E-state index >= 15 is 0 Å². The summed E-state index contributed by atoms with van der Waals surface area (Å²) in [6.45, 7) is 4.03. The van der Waals surface area contributed by atoms with Crippen molar-refractivity contribution < 1.29 is 4.74 Å². The minimum Gasteiger partial charge on any atom is -0.376 e. The summed E-state index contributed by atoms with van der Waals surface area (Å²) in [6, 6.07) is 4.03. The molecule has 5 nitrogen and oxygen atoms in total. The molecule has 0 aromatic carbocycles. The minimum absolute atomic E-state index is 0.324. The molecular formula is C16H22N4O. The second-order valence-electron chi connectivity index (χ2n) is 6.18. The van der Waals surface area contributed by atoms with Crippen LogP contribution in [0.5, 0.6) is 0 Å². The fourth-order valence-corrected chi connectivity index (χ4v) is 3.49. The second-order valence-corrected chi connectivity index (χ2v) is 6.18. The first-order valence-corrected chi connectivity index (χ1v) is 8.02. The van der Waals surface area contributed by atoms with Gasteiger partial charge in [0.15, 0.2) is 5.65 Å². The summed E-state index contributed by atoms with van der Waals surface area (Å²) >= 11 is 0. The van der Waals surface area contributed by atoms with Gasteiger partial charge in [-0.25, -0.2) is 9.97 Å². The van der Waals surface area contributed by atoms with Gasteiger partial charge in [0.2, 0.25) is 0 Å². The molecule has 0 radical (unpaired) electrons. The van der Waals surface area contributed by atoms with Crippen molar-refractivity contribution in [3.63, 3.8) is 0 Å². The summed E-state index contributed by atoms with van der Waals surface area (Å²) in [4.78, 5) is 9.38. The largest absolute Gasteiger partial charge is 0.376 e. The minimum atomic E-state index is 0.324. The summed E-state index contributed by atoms with van der Waals surface area (Å²) in [5.74, 6) is 1.87. The molecule has 5 heteroatoms. The van der Waals surface area contributed by atoms with E-state index in [0.717, 1.165) is 50.2 Å². The second kappa shape index (κ2) is 5.73. The lowest BCUT2D eigenvalue weighted by Crippen LogP contribution is -2.19. The Balaban J connectivity index is 1.65. The molecule has 4 rings (SSSR count). The summed E-state index contributed by atoms with van der Waals surface area (Å²) in [6.07, 6.45) is 6.79. The number of fused-ring (bicyclic) bond motifs is 1. The highest BCUT2D eigenvalue weighted by Crippen LogP contribution is 2.22. The quantitative estimate of drug-likeness (QED) is 0.930. The van der Waals surface area contributed by atoms with Gasteiger partial charge in [0.1, 0.15) is 11.3 Å². The molecule has 21 heavy (non-hydrogen) atoms. The summed E-state index contributed by atoms with van der Waals surface area (Å²) in [7, 11) is 0. The molecule has 2 aromatic heterocycles. The number of ether oxygens (including phenoxy) is 1. The number of nitrogens with one attached hydrogen (secondary N) is 1. The lowest BCUT2D eigenvalue weighted by molar-refractivity contribution is 0.0969. The lowest BCUT2D eigenvalue weighted by atomic mass is 10.0. The van der Waals surface area contributed by atoms with Gasteiger partial charge in [0.25, 0.3) is 0 Å². The smallest absolute Gasteiger partial charge is 0.160 e. The number of pyridine rings is 1. The zero-order valence-electron chi connectivity index (χ0n) is 12.3. The normalized spacial score (nSPS) is 25.9. The van der Waals surface area contributed by atoms with E-state index in [1.165, 1.54) is 18.7 Å². The van der Waals surface area contributed by atoms with Crippen LogP contribution in [-0.2, 0) is 17.7 Å². The van der Waals surface area contributed by atoms with Gasteiger partial charge in [-0.1, -0.05) is 0 Å². The van der Waals surface area contributed by atoms with Crippen molar-refractivity contribution in [3.8, 4) is 0 Å². The maximum atomic E-state index is 5.81. The Labute approximate surface area is 124 Å². The summed E-state index contributed by atoms with van der Waals surface area (Å²) < 4.78 is 8.11. The number of aromatic nitrogens is 3. The fraction of sp³-hybridized carbons (Fsp3) is 0.625. The summed E-state index contributed by atoms with van der Waals surface area (Å²) in [5.41, 5.74) is 2.02. The third kappa shape index (κ3) is 2.68. The van der Waals surface area contributed by atoms with E-state index in [1.54, 1.807) is 0 Å². The Morgan fingerprint density at radius 2 is 2.38 bits per heavy atom. The van der Waals surface area contributed by atoms with E-state index in [4.69, 9.17) is 9.72 Å². The van der Waals surface area contributed by atoms with Gasteiger partial charge < -0.3 is 14.6 Å². The maximum absolute atomic E-state index is 5.81. The fourth-order valence-electron chi connectivity index (χ4n) is 3.49. The molecule has 1 N–H and O–H groups in total. The van der Waals surface area contributed by atoms with E-state index in [2.05, 4.69) is 20.9 Å². The molecule has 0 saturated carbocycles. The van der Waals surface area contributed by atoms with Crippen LogP contribution >= 0.6 is 0 Å². The van der Waals surface area contributed by atoms with Crippen molar-refractivity contribution in [2.24, 2.45) is 5.92 Å². The van der Waals surface area contributed by atoms with Crippen molar-refractivity contribution >= 4 is 11.2 Å². The van der Waals surface area contributed by atoms with Crippen LogP contribution < -0.4 is 5.32 Å². The molecule has 4 heterocycles. The monoisotopic (exact) mass is 286 g/mol. The van der Waals surface area contributed by atoms with Crippen LogP contribution in [0.4, 0.5) is 0 Å². The van der Waals surface area contributed by atoms with Gasteiger partial charge in [-0.15, -0.1) is 0 Å². The van der Waals surface area contributed by atoms with Crippen LogP contribution in [0.25, 0.3) is 11.2 Å². The van der Waals surface area contributed by atoms with Gasteiger partial charge >= 0.3 is 0 Å². The van der Waals surface area contributed by atoms with Gasteiger partial charge in [-0.3, -0.25) is 0 Å². The predicted octanol–water partition coefficient (Wildman–Crippen LogP) is 1.76. The van der Waals surface area contributed by atoms with Crippen molar-refractivity contribution in [3.05, 3.63) is 24.2 Å². The number of hydrogen-bond acceptors (Lipinski definition) is 4. The Bertz CT molecular complexity index is 612. The Morgan fingerprint density at radius 3 is 3.19 bits per heavy atom. The molecule has 2 aliphatic heterocycles. The van der Waals surface area contributed by atoms with Gasteiger partial charge in [-0.2, -0.15) is 0 Å². The van der Waals surface area contributed by atoms with Crippen LogP contribution in [0, 0.1) is 5.92 Å². The standard InChI is InChI=1S/C16H22N4O/c1-4-14-16(18-6-1)20(11-13-3-2-8-21-13)15(19-14)9-12-5-7-17-10-12/h1,4,6,12-13,17H,2-3,5,7-11H2. The average molecular weight is 286 g/mol. The van der Waals surface area contributed by atoms with Gasteiger partial charge in [-0.05, 0) is 50.4 Å². The molecular weight excluding hydrogens is 264 g/mol. The highest BCUT2D eigenvalue weighted by atomic mass is 16.5. The zero-order valence-corrected chi connectivity index (χ0v) is 12.3. The van der Waals surface area contributed by atoms with E-state index in [-0.39, 0.29) is 0 Å². The first-order valence-electron chi connectivity index (χ1n) is 8.02. The van der Waals surface area contributed by atoms with Crippen LogP contribution in [0.15, 0.2) is 18.3 Å². The highest BCUT2D eigenvalue weighted by Gasteiger charge is 2.23. The molecule has 2 atom stereocenters. The number of imidazole rings is 1. The van der Waals surface area contributed by atoms with Crippen molar-refractivity contribution in [2.75, 3.05) is 19.7 Å². The molecule has 2 fully saturated rings. The molecule has 0 aliphatic carbocycles. The van der Waals surface area contributed by atoms with E-state index in [9.17, 15) is 0 Å². The predicted molar refractivity (Wildman–Crippen MR) is 81.2 cm³/mol. The van der Waals surface area contributed by atoms with Crippen LogP contribution in [0.1, 0.15) is 25.1 Å². The topological polar surface area (TPSA) is 52.0 Å². The molecule has 0 amide bonds. The average Bonchev–Trinajstić information content (AvgIpc) is 3.23. The van der Waals surface area contributed by atoms with Crippen molar-refractivity contribution in [1.82, 2.24) is 19.9 Å². The highest BCUT2D eigenvalue weighted by molar-refractivity contribution is 5.71. The third-order valence-corrected chi connectivity index (χ3v) is 4.63. The molecule has 0 spiro atoms. The van der Waals surface area contributed by atoms with E-state index in [0.29, 0.717) is 12.0 Å². The molecule has 0 bridgehead atoms. The number of nitrogens with zero attached hydrogens (tertiary/aromatic N) is 3. The van der Waals surface area contributed by atoms with Crippen LogP contribution in [0.2, 0.25) is 0 Å². The van der Waals surface area contributed by atoms with Gasteiger partial charge in [0, 0.05) is 19.2 Å². The molecule has 2 aromatic rings. The van der Waals surface area contributed by atoms with E-state index < -0.39 is 0 Å². The molecule has 2 saturated heterocycles. The number of hydrogen-bond donors (Lipinski definition) is 1. The van der Waals surface area contributed by atoms with Crippen LogP contribution in [-0.4, -0.2) is 40.3 Å². The molecule has 2 aliphatic rings. The maximum Gasteiger partial charge on any atom is 0.160 e. The first-order chi connectivity index (χ1) is 10.4. The Morgan fingerprint density at radius 1 is 1.38 bits per heavy atom. The Kier molecular flexibility index (Phi) is 3.61. The summed E-state index contributed by atoms with van der Waals surface area (Å²) in [5, 5.41) is 3.44. The first kappa shape index (κ1) is 13.2. The number of rotatable bonds is 4. The Hall–Kier alpha value is -1.46. The lowest BCUT2D eigenvalue weighted by Gasteiger charge is -2.15. The molecule has 112 valence electrons. The van der Waals surface area contributed by atoms with Gasteiger partial charge in [0.05, 0.1) is 12.6 Å². The SMILES string of the molecule is c1cnc2c(c1)nc(CC1CCNC1)n2CC1CCCO1. The molecule has 2 unspecified atom stereocenters. The van der Waals surface area contributed by atoms with Crippen LogP contribution in [0.3, 0.4) is 0 Å². The zero-order chi connectivity index (χ0) is 14.1.